The number of primary amides is 1. The number of benzene rings is 2. The fourth-order valence-electron chi connectivity index (χ4n) is 4.28. The molecule has 32 heavy (non-hydrogen) atoms. The van der Waals surface area contributed by atoms with Gasteiger partial charge < -0.3 is 16.2 Å². The van der Waals surface area contributed by atoms with Crippen LogP contribution in [0.4, 0.5) is 5.69 Å². The Bertz CT molecular complexity index is 879. The highest BCUT2D eigenvalue weighted by atomic mass is 16.3. The Balaban J connectivity index is 2.10. The molecule has 176 valence electrons. The van der Waals surface area contributed by atoms with Gasteiger partial charge in [-0.25, -0.2) is 0 Å². The Morgan fingerprint density at radius 2 is 1.44 bits per heavy atom. The van der Waals surface area contributed by atoms with Crippen molar-refractivity contribution >= 4 is 28.3 Å². The molecule has 0 aromatic heterocycles. The van der Waals surface area contributed by atoms with Crippen LogP contribution in [0.2, 0.25) is 0 Å². The lowest BCUT2D eigenvalue weighted by molar-refractivity contribution is -0.120. The monoisotopic (exact) mass is 440 g/mol. The number of hydrogen-bond donors (Lipinski definition) is 3. The van der Waals surface area contributed by atoms with E-state index in [-0.39, 0.29) is 23.1 Å². The molecule has 0 aliphatic rings. The molecule has 1 atom stereocenters. The Kier molecular flexibility index (Phi) is 11.1. The number of nitrogens with one attached hydrogen (secondary N) is 1. The van der Waals surface area contributed by atoms with E-state index in [0.717, 1.165) is 32.1 Å². The number of fused-ring (bicyclic) bond motifs is 1. The topological polar surface area (TPSA) is 92.4 Å². The predicted octanol–water partition coefficient (Wildman–Crippen LogP) is 6.92. The zero-order valence-electron chi connectivity index (χ0n) is 19.8. The third-order valence-corrected chi connectivity index (χ3v) is 6.24. The molecule has 0 aliphatic carbocycles. The zero-order chi connectivity index (χ0) is 23.3. The number of carbonyl (C=O) groups excluding carboxylic acids is 2. The lowest BCUT2D eigenvalue weighted by Crippen LogP contribution is -2.23. The van der Waals surface area contributed by atoms with Gasteiger partial charge in [-0.3, -0.25) is 9.59 Å². The molecule has 2 aromatic rings. The van der Waals surface area contributed by atoms with E-state index in [9.17, 15) is 14.7 Å². The van der Waals surface area contributed by atoms with Crippen molar-refractivity contribution < 1.29 is 14.7 Å². The van der Waals surface area contributed by atoms with E-state index >= 15 is 0 Å². The van der Waals surface area contributed by atoms with Gasteiger partial charge in [-0.1, -0.05) is 96.3 Å². The van der Waals surface area contributed by atoms with Crippen LogP contribution in [-0.2, 0) is 4.79 Å². The standard InChI is InChI=1S/C27H40N2O3/c1-3-5-7-9-10-12-15-20(14-11-8-6-4-2)27(32)29-24-17-13-16-22-21(24)18-19-23(25(22)30)26(28)31/h13,16-20,30H,3-12,14-15H2,1-2H3,(H2,28,31)(H,29,32). The van der Waals surface area contributed by atoms with Crippen LogP contribution in [0.3, 0.4) is 0 Å². The molecule has 0 heterocycles. The Morgan fingerprint density at radius 3 is 2.06 bits per heavy atom. The minimum Gasteiger partial charge on any atom is -0.506 e. The van der Waals surface area contributed by atoms with E-state index in [2.05, 4.69) is 19.2 Å². The molecule has 0 saturated carbocycles. The van der Waals surface area contributed by atoms with E-state index in [1.54, 1.807) is 18.2 Å². The van der Waals surface area contributed by atoms with E-state index in [4.69, 9.17) is 5.73 Å². The third-order valence-electron chi connectivity index (χ3n) is 6.24. The van der Waals surface area contributed by atoms with Crippen molar-refractivity contribution in [2.45, 2.75) is 90.9 Å². The summed E-state index contributed by atoms with van der Waals surface area (Å²) in [7, 11) is 0. The SMILES string of the molecule is CCCCCCCCC(CCCCCC)C(=O)Nc1cccc2c(O)c(C(N)=O)ccc12. The number of anilines is 1. The maximum absolute atomic E-state index is 13.2. The minimum absolute atomic E-state index is 0.00761. The lowest BCUT2D eigenvalue weighted by atomic mass is 9.93. The number of phenols is 1. The zero-order valence-corrected chi connectivity index (χ0v) is 19.8. The van der Waals surface area contributed by atoms with Crippen LogP contribution in [-0.4, -0.2) is 16.9 Å². The molecule has 2 aromatic carbocycles. The second-order valence-corrected chi connectivity index (χ2v) is 8.82. The molecule has 0 spiro atoms. The summed E-state index contributed by atoms with van der Waals surface area (Å²) in [5.41, 5.74) is 6.08. The number of unbranched alkanes of at least 4 members (excludes halogenated alkanes) is 8. The molecule has 0 bridgehead atoms. The fraction of sp³-hybridized carbons (Fsp3) is 0.556. The highest BCUT2D eigenvalue weighted by Crippen LogP contribution is 2.33. The van der Waals surface area contributed by atoms with Crippen LogP contribution in [0.5, 0.6) is 5.75 Å². The summed E-state index contributed by atoms with van der Waals surface area (Å²) < 4.78 is 0. The molecule has 0 aliphatic heterocycles. The first-order chi connectivity index (χ1) is 15.5. The van der Waals surface area contributed by atoms with Crippen LogP contribution in [0, 0.1) is 5.92 Å². The smallest absolute Gasteiger partial charge is 0.252 e. The van der Waals surface area contributed by atoms with Crippen LogP contribution < -0.4 is 11.1 Å². The van der Waals surface area contributed by atoms with Gasteiger partial charge in [0.25, 0.3) is 5.91 Å². The maximum Gasteiger partial charge on any atom is 0.252 e. The van der Waals surface area contributed by atoms with Gasteiger partial charge in [0.15, 0.2) is 0 Å². The Morgan fingerprint density at radius 1 is 0.844 bits per heavy atom. The van der Waals surface area contributed by atoms with Crippen molar-refractivity contribution in [2.75, 3.05) is 5.32 Å². The van der Waals surface area contributed by atoms with Crippen LogP contribution in [0.1, 0.15) is 101 Å². The van der Waals surface area contributed by atoms with Crippen molar-refractivity contribution in [1.82, 2.24) is 0 Å². The van der Waals surface area contributed by atoms with E-state index in [0.29, 0.717) is 16.5 Å². The number of rotatable bonds is 15. The van der Waals surface area contributed by atoms with Crippen LogP contribution >= 0.6 is 0 Å². The molecular weight excluding hydrogens is 400 g/mol. The lowest BCUT2D eigenvalue weighted by Gasteiger charge is -2.18. The molecule has 5 heteroatoms. The van der Waals surface area contributed by atoms with Gasteiger partial charge in [0, 0.05) is 22.4 Å². The molecule has 2 rings (SSSR count). The van der Waals surface area contributed by atoms with E-state index < -0.39 is 5.91 Å². The Hall–Kier alpha value is -2.56. The second-order valence-electron chi connectivity index (χ2n) is 8.82. The molecule has 5 nitrogen and oxygen atoms in total. The molecule has 1 unspecified atom stereocenters. The second kappa shape index (κ2) is 13.8. The van der Waals surface area contributed by atoms with Gasteiger partial charge in [-0.05, 0) is 25.0 Å². The number of carbonyl (C=O) groups is 2. The molecule has 0 fully saturated rings. The van der Waals surface area contributed by atoms with Crippen LogP contribution in [0.15, 0.2) is 30.3 Å². The normalized spacial score (nSPS) is 12.1. The molecule has 0 saturated heterocycles. The summed E-state index contributed by atoms with van der Waals surface area (Å²) in [6.07, 6.45) is 13.7. The maximum atomic E-state index is 13.2. The fourth-order valence-corrected chi connectivity index (χ4v) is 4.28. The molecule has 4 N–H and O–H groups in total. The first-order valence-corrected chi connectivity index (χ1v) is 12.3. The van der Waals surface area contributed by atoms with Gasteiger partial charge in [0.05, 0.1) is 5.56 Å². The molecule has 0 radical (unpaired) electrons. The van der Waals surface area contributed by atoms with Gasteiger partial charge in [-0.15, -0.1) is 0 Å². The summed E-state index contributed by atoms with van der Waals surface area (Å²) in [5, 5.41) is 14.8. The number of nitrogens with two attached hydrogens (primary N) is 1. The molecule has 2 amide bonds. The number of aromatic hydroxyl groups is 1. The number of amides is 2. The Labute approximate surface area is 192 Å². The van der Waals surface area contributed by atoms with Gasteiger partial charge in [0.1, 0.15) is 5.75 Å². The average Bonchev–Trinajstić information content (AvgIpc) is 2.78. The summed E-state index contributed by atoms with van der Waals surface area (Å²) in [5.74, 6) is -0.785. The summed E-state index contributed by atoms with van der Waals surface area (Å²) in [6, 6.07) is 8.57. The number of hydrogen-bond acceptors (Lipinski definition) is 3. The van der Waals surface area contributed by atoms with Crippen LogP contribution in [0.25, 0.3) is 10.8 Å². The predicted molar refractivity (Wildman–Crippen MR) is 133 cm³/mol. The molecular formula is C27H40N2O3. The largest absolute Gasteiger partial charge is 0.506 e. The van der Waals surface area contributed by atoms with Crippen molar-refractivity contribution in [1.29, 1.82) is 0 Å². The third kappa shape index (κ3) is 7.54. The highest BCUT2D eigenvalue weighted by molar-refractivity contribution is 6.08. The van der Waals surface area contributed by atoms with Gasteiger partial charge >= 0.3 is 0 Å². The van der Waals surface area contributed by atoms with E-state index in [1.165, 1.54) is 51.0 Å². The van der Waals surface area contributed by atoms with Gasteiger partial charge in [-0.2, -0.15) is 0 Å². The van der Waals surface area contributed by atoms with Crippen molar-refractivity contribution in [2.24, 2.45) is 11.7 Å². The first-order valence-electron chi connectivity index (χ1n) is 12.3. The van der Waals surface area contributed by atoms with Crippen molar-refractivity contribution in [3.63, 3.8) is 0 Å². The highest BCUT2D eigenvalue weighted by Gasteiger charge is 2.20. The average molecular weight is 441 g/mol. The summed E-state index contributed by atoms with van der Waals surface area (Å²) in [4.78, 5) is 24.7. The minimum atomic E-state index is -0.676. The summed E-state index contributed by atoms with van der Waals surface area (Å²) in [6.45, 7) is 4.42. The van der Waals surface area contributed by atoms with E-state index in [1.807, 2.05) is 6.07 Å². The quantitative estimate of drug-likeness (QED) is 0.262. The first kappa shape index (κ1) is 25.7. The summed E-state index contributed by atoms with van der Waals surface area (Å²) >= 11 is 0. The van der Waals surface area contributed by atoms with Crippen molar-refractivity contribution in [3.05, 3.63) is 35.9 Å². The van der Waals surface area contributed by atoms with Crippen molar-refractivity contribution in [3.8, 4) is 5.75 Å². The van der Waals surface area contributed by atoms with Gasteiger partial charge in [0.2, 0.25) is 5.91 Å².